The van der Waals surface area contributed by atoms with Gasteiger partial charge in [-0.1, -0.05) is 49.1 Å². The van der Waals surface area contributed by atoms with Crippen molar-refractivity contribution in [3.63, 3.8) is 0 Å². The summed E-state index contributed by atoms with van der Waals surface area (Å²) in [7, 11) is 1.26. The molecule has 26 heavy (non-hydrogen) atoms. The van der Waals surface area contributed by atoms with Crippen LogP contribution in [0.15, 0.2) is 29.2 Å². The third kappa shape index (κ3) is 2.83. The zero-order valence-corrected chi connectivity index (χ0v) is 16.3. The average molecular weight is 390 g/mol. The molecule has 1 fully saturated rings. The van der Waals surface area contributed by atoms with Crippen molar-refractivity contribution in [2.24, 2.45) is 0 Å². The zero-order chi connectivity index (χ0) is 19.0. The maximum atomic E-state index is 13.0. The highest BCUT2D eigenvalue weighted by atomic mass is 32.2. The number of thioether (sulfide) groups is 1. The summed E-state index contributed by atoms with van der Waals surface area (Å²) in [5.41, 5.74) is 1.86. The zero-order valence-electron chi connectivity index (χ0n) is 14.6. The molecule has 0 N–H and O–H groups in total. The van der Waals surface area contributed by atoms with E-state index in [-0.39, 0.29) is 15.1 Å². The molecular formula is C18H18N2O4S2. The van der Waals surface area contributed by atoms with Crippen LogP contribution in [0.5, 0.6) is 0 Å². The smallest absolute Gasteiger partial charge is 0.328 e. The summed E-state index contributed by atoms with van der Waals surface area (Å²) in [6, 6.07) is 6.55. The molecule has 0 saturated carbocycles. The summed E-state index contributed by atoms with van der Waals surface area (Å²) in [5.74, 6) is -1.20. The van der Waals surface area contributed by atoms with Gasteiger partial charge in [-0.05, 0) is 19.4 Å². The highest BCUT2D eigenvalue weighted by molar-refractivity contribution is 8.26. The van der Waals surface area contributed by atoms with E-state index in [1.54, 1.807) is 11.8 Å². The Morgan fingerprint density at radius 1 is 1.27 bits per heavy atom. The van der Waals surface area contributed by atoms with E-state index in [0.717, 1.165) is 29.4 Å². The molecule has 0 spiro atoms. The lowest BCUT2D eigenvalue weighted by molar-refractivity contribution is -0.147. The number of hydrogen-bond donors (Lipinski definition) is 0. The van der Waals surface area contributed by atoms with Gasteiger partial charge in [0.05, 0.1) is 23.3 Å². The summed E-state index contributed by atoms with van der Waals surface area (Å²) in [5, 5.41) is 0. The number of ether oxygens (including phenoxy) is 1. The number of para-hydroxylation sites is 1. The Morgan fingerprint density at radius 2 is 1.96 bits per heavy atom. The Kier molecular flexibility index (Phi) is 5.15. The Labute approximate surface area is 161 Å². The van der Waals surface area contributed by atoms with Crippen LogP contribution in [0, 0.1) is 0 Å². The van der Waals surface area contributed by atoms with Crippen molar-refractivity contribution in [3.05, 3.63) is 34.7 Å². The summed E-state index contributed by atoms with van der Waals surface area (Å²) < 4.78 is 4.96. The molecule has 2 aliphatic heterocycles. The van der Waals surface area contributed by atoms with Gasteiger partial charge in [0.15, 0.2) is 0 Å². The second-order valence-electron chi connectivity index (χ2n) is 5.92. The van der Waals surface area contributed by atoms with Crippen molar-refractivity contribution >= 4 is 57.3 Å². The summed E-state index contributed by atoms with van der Waals surface area (Å²) in [4.78, 5) is 41.0. The number of benzene rings is 1. The number of carbonyl (C=O) groups excluding carboxylic acids is 3. The fourth-order valence-electron chi connectivity index (χ4n) is 3.09. The molecule has 0 aliphatic carbocycles. The lowest BCUT2D eigenvalue weighted by Gasteiger charge is -2.20. The number of carbonyl (C=O) groups is 3. The molecule has 0 aromatic heterocycles. The van der Waals surface area contributed by atoms with Crippen LogP contribution in [0.3, 0.4) is 0 Å². The molecule has 0 bridgehead atoms. The molecule has 0 radical (unpaired) electrons. The first-order valence-electron chi connectivity index (χ1n) is 8.21. The van der Waals surface area contributed by atoms with Gasteiger partial charge in [0, 0.05) is 12.1 Å². The van der Waals surface area contributed by atoms with Crippen molar-refractivity contribution in [1.82, 2.24) is 4.90 Å². The average Bonchev–Trinajstić information content (AvgIpc) is 3.07. The molecule has 1 saturated heterocycles. The normalized spacial score (nSPS) is 20.7. The minimum Gasteiger partial charge on any atom is -0.467 e. The fraction of sp³-hybridized carbons (Fsp3) is 0.333. The number of thiocarbonyl (C=S) groups is 1. The van der Waals surface area contributed by atoms with Crippen LogP contribution in [-0.2, 0) is 19.1 Å². The minimum absolute atomic E-state index is 0.209. The van der Waals surface area contributed by atoms with Crippen LogP contribution in [0.1, 0.15) is 25.8 Å². The SMILES string of the molecule is CCCN1C(=O)/C(=C2\SC(=S)N([C@@H](C)C(=O)OC)C2=O)c2ccccc21. The van der Waals surface area contributed by atoms with Crippen molar-refractivity contribution in [3.8, 4) is 0 Å². The molecule has 1 atom stereocenters. The molecule has 3 rings (SSSR count). The number of nitrogens with zero attached hydrogens (tertiary/aromatic N) is 2. The standard InChI is InChI=1S/C18H18N2O4S2/c1-4-9-19-12-8-6-5-7-11(12)13(15(19)21)14-16(22)20(18(25)26-14)10(2)17(23)24-3/h5-8,10H,4,9H2,1-3H3/b14-13-/t10-/m0/s1. The number of fused-ring (bicyclic) bond motifs is 1. The van der Waals surface area contributed by atoms with Crippen LogP contribution in [-0.4, -0.2) is 46.7 Å². The van der Waals surface area contributed by atoms with Gasteiger partial charge in [-0.15, -0.1) is 0 Å². The number of esters is 1. The van der Waals surface area contributed by atoms with Crippen molar-refractivity contribution < 1.29 is 19.1 Å². The maximum absolute atomic E-state index is 13.0. The predicted molar refractivity (Wildman–Crippen MR) is 105 cm³/mol. The fourth-order valence-corrected chi connectivity index (χ4v) is 4.58. The summed E-state index contributed by atoms with van der Waals surface area (Å²) in [6.45, 7) is 4.11. The van der Waals surface area contributed by atoms with Gasteiger partial charge in [-0.3, -0.25) is 14.5 Å². The second kappa shape index (κ2) is 7.20. The molecule has 2 aliphatic rings. The van der Waals surface area contributed by atoms with E-state index >= 15 is 0 Å². The molecule has 1 aromatic carbocycles. The minimum atomic E-state index is -0.843. The van der Waals surface area contributed by atoms with Crippen molar-refractivity contribution in [1.29, 1.82) is 0 Å². The van der Waals surface area contributed by atoms with Crippen LogP contribution in [0.25, 0.3) is 5.57 Å². The molecule has 2 amide bonds. The van der Waals surface area contributed by atoms with Crippen LogP contribution in [0.2, 0.25) is 0 Å². The Hall–Kier alpha value is -2.19. The van der Waals surface area contributed by atoms with Crippen molar-refractivity contribution in [2.75, 3.05) is 18.6 Å². The topological polar surface area (TPSA) is 66.9 Å². The molecule has 1 aromatic rings. The quantitative estimate of drug-likeness (QED) is 0.447. The number of hydrogen-bond acceptors (Lipinski definition) is 6. The lowest BCUT2D eigenvalue weighted by atomic mass is 10.1. The third-order valence-corrected chi connectivity index (χ3v) is 5.73. The van der Waals surface area contributed by atoms with E-state index in [0.29, 0.717) is 12.1 Å². The summed E-state index contributed by atoms with van der Waals surface area (Å²) in [6.07, 6.45) is 0.799. The van der Waals surface area contributed by atoms with Gasteiger partial charge in [-0.2, -0.15) is 0 Å². The largest absolute Gasteiger partial charge is 0.467 e. The first-order chi connectivity index (χ1) is 12.4. The monoisotopic (exact) mass is 390 g/mol. The van der Waals surface area contributed by atoms with E-state index in [1.807, 2.05) is 31.2 Å². The van der Waals surface area contributed by atoms with Crippen molar-refractivity contribution in [2.45, 2.75) is 26.3 Å². The van der Waals surface area contributed by atoms with Crippen LogP contribution < -0.4 is 4.90 Å². The number of anilines is 1. The van der Waals surface area contributed by atoms with Gasteiger partial charge < -0.3 is 9.64 Å². The molecule has 0 unspecified atom stereocenters. The van der Waals surface area contributed by atoms with Gasteiger partial charge in [0.2, 0.25) is 0 Å². The highest BCUT2D eigenvalue weighted by Gasteiger charge is 2.44. The second-order valence-corrected chi connectivity index (χ2v) is 7.56. The van der Waals surface area contributed by atoms with E-state index in [9.17, 15) is 14.4 Å². The van der Waals surface area contributed by atoms with Crippen LogP contribution >= 0.6 is 24.0 Å². The Bertz CT molecular complexity index is 849. The molecule has 136 valence electrons. The van der Waals surface area contributed by atoms with Gasteiger partial charge in [0.1, 0.15) is 10.4 Å². The Balaban J connectivity index is 2.08. The van der Waals surface area contributed by atoms with E-state index in [2.05, 4.69) is 0 Å². The first kappa shape index (κ1) is 18.6. The maximum Gasteiger partial charge on any atom is 0.328 e. The number of amides is 2. The summed E-state index contributed by atoms with van der Waals surface area (Å²) >= 11 is 6.35. The predicted octanol–water partition coefficient (Wildman–Crippen LogP) is 2.58. The molecule has 2 heterocycles. The number of rotatable bonds is 4. The van der Waals surface area contributed by atoms with E-state index in [4.69, 9.17) is 17.0 Å². The first-order valence-corrected chi connectivity index (χ1v) is 9.43. The molecule has 6 nitrogen and oxygen atoms in total. The van der Waals surface area contributed by atoms with E-state index in [1.165, 1.54) is 12.0 Å². The molecule has 8 heteroatoms. The highest BCUT2D eigenvalue weighted by Crippen LogP contribution is 2.44. The number of methoxy groups -OCH3 is 1. The lowest BCUT2D eigenvalue weighted by Crippen LogP contribution is -2.42. The molecular weight excluding hydrogens is 372 g/mol. The van der Waals surface area contributed by atoms with Gasteiger partial charge >= 0.3 is 5.97 Å². The third-order valence-electron chi connectivity index (χ3n) is 4.33. The Morgan fingerprint density at radius 3 is 2.62 bits per heavy atom. The van der Waals surface area contributed by atoms with Crippen LogP contribution in [0.4, 0.5) is 5.69 Å². The van der Waals surface area contributed by atoms with Gasteiger partial charge in [-0.25, -0.2) is 4.79 Å². The van der Waals surface area contributed by atoms with E-state index < -0.39 is 17.9 Å². The van der Waals surface area contributed by atoms with Gasteiger partial charge in [0.25, 0.3) is 11.8 Å².